The van der Waals surface area contributed by atoms with Gasteiger partial charge < -0.3 is 10.0 Å². The molecular weight excluding hydrogens is 326 g/mol. The Morgan fingerprint density at radius 1 is 1.39 bits per heavy atom. The third kappa shape index (κ3) is 3.48. The second-order valence-electron chi connectivity index (χ2n) is 5.02. The summed E-state index contributed by atoms with van der Waals surface area (Å²) < 4.78 is 52.0. The summed E-state index contributed by atoms with van der Waals surface area (Å²) in [5, 5.41) is 19.8. The number of alkyl halides is 3. The van der Waals surface area contributed by atoms with Crippen LogP contribution >= 0.6 is 0 Å². The summed E-state index contributed by atoms with van der Waals surface area (Å²) in [6, 6.07) is -0.00594. The van der Waals surface area contributed by atoms with Crippen molar-refractivity contribution in [2.75, 3.05) is 13.1 Å². The first-order valence-electron chi connectivity index (χ1n) is 6.51. The molecule has 2 heterocycles. The molecule has 1 saturated heterocycles. The van der Waals surface area contributed by atoms with E-state index in [-0.39, 0.29) is 32.0 Å². The molecule has 0 radical (unpaired) electrons. The monoisotopic (exact) mass is 337 g/mol. The van der Waals surface area contributed by atoms with E-state index in [1.165, 1.54) is 0 Å². The number of hydrogen-bond donors (Lipinski definition) is 1. The van der Waals surface area contributed by atoms with E-state index >= 15 is 0 Å². The first-order valence-corrected chi connectivity index (χ1v) is 6.51. The molecule has 0 saturated carbocycles. The first-order chi connectivity index (χ1) is 10.6. The number of aromatic nitrogens is 1. The van der Waals surface area contributed by atoms with Crippen molar-refractivity contribution in [1.82, 2.24) is 9.88 Å². The van der Waals surface area contributed by atoms with E-state index in [0.717, 1.165) is 4.90 Å². The maximum absolute atomic E-state index is 13.8. The summed E-state index contributed by atoms with van der Waals surface area (Å²) in [5.41, 5.74) is -3.23. The van der Waals surface area contributed by atoms with Gasteiger partial charge in [0, 0.05) is 25.1 Å². The summed E-state index contributed by atoms with van der Waals surface area (Å²) in [4.78, 5) is 24.9. The summed E-state index contributed by atoms with van der Waals surface area (Å²) in [5.74, 6) is -2.42. The Morgan fingerprint density at radius 3 is 2.39 bits per heavy atom. The quantitative estimate of drug-likeness (QED) is 0.508. The standard InChI is InChI=1S/C12H11F4N3O4/c13-7-5-8(12(14,15)16)17-9(10(7)19(22)23)6-1-3-18(4-2-6)11(20)21/h5-6H,1-4H2,(H,20,21). The van der Waals surface area contributed by atoms with E-state index in [4.69, 9.17) is 5.11 Å². The Morgan fingerprint density at radius 2 is 1.96 bits per heavy atom. The molecule has 1 aliphatic rings. The minimum absolute atomic E-state index is 0.00594. The molecule has 0 aliphatic carbocycles. The molecule has 1 aliphatic heterocycles. The van der Waals surface area contributed by atoms with Crippen LogP contribution in [-0.4, -0.2) is 39.1 Å². The predicted octanol–water partition coefficient (Wildman–Crippen LogP) is 3.01. The van der Waals surface area contributed by atoms with Gasteiger partial charge in [0.15, 0.2) is 0 Å². The Hall–Kier alpha value is -2.46. The van der Waals surface area contributed by atoms with Crippen molar-refractivity contribution >= 4 is 11.8 Å². The van der Waals surface area contributed by atoms with E-state index in [9.17, 15) is 32.5 Å². The molecule has 11 heteroatoms. The van der Waals surface area contributed by atoms with Gasteiger partial charge in [0.25, 0.3) is 0 Å². The van der Waals surface area contributed by atoms with Crippen molar-refractivity contribution in [1.29, 1.82) is 0 Å². The van der Waals surface area contributed by atoms with E-state index in [2.05, 4.69) is 4.98 Å². The van der Waals surface area contributed by atoms with Crippen LogP contribution in [0, 0.1) is 15.9 Å². The largest absolute Gasteiger partial charge is 0.465 e. The third-order valence-corrected chi connectivity index (χ3v) is 3.60. The van der Waals surface area contributed by atoms with E-state index < -0.39 is 46.0 Å². The number of rotatable bonds is 2. The highest BCUT2D eigenvalue weighted by Crippen LogP contribution is 2.38. The van der Waals surface area contributed by atoms with Crippen LogP contribution in [-0.2, 0) is 6.18 Å². The van der Waals surface area contributed by atoms with Gasteiger partial charge in [-0.15, -0.1) is 0 Å². The van der Waals surface area contributed by atoms with E-state index in [0.29, 0.717) is 0 Å². The van der Waals surface area contributed by atoms with Crippen LogP contribution in [0.1, 0.15) is 30.1 Å². The maximum Gasteiger partial charge on any atom is 0.433 e. The van der Waals surface area contributed by atoms with Gasteiger partial charge in [-0.25, -0.2) is 9.78 Å². The van der Waals surface area contributed by atoms with Gasteiger partial charge in [-0.1, -0.05) is 0 Å². The normalized spacial score (nSPS) is 16.4. The number of pyridine rings is 1. The number of carboxylic acid groups (broad SMARTS) is 1. The second kappa shape index (κ2) is 5.97. The average Bonchev–Trinajstić information content (AvgIpc) is 2.45. The minimum Gasteiger partial charge on any atom is -0.465 e. The Labute approximate surface area is 126 Å². The lowest BCUT2D eigenvalue weighted by atomic mass is 9.92. The molecule has 1 aromatic rings. The Balaban J connectivity index is 2.42. The molecule has 1 amide bonds. The third-order valence-electron chi connectivity index (χ3n) is 3.60. The van der Waals surface area contributed by atoms with Crippen molar-refractivity contribution in [3.8, 4) is 0 Å². The van der Waals surface area contributed by atoms with Crippen molar-refractivity contribution in [2.24, 2.45) is 0 Å². The molecule has 0 unspecified atom stereocenters. The van der Waals surface area contributed by atoms with E-state index in [1.807, 2.05) is 0 Å². The van der Waals surface area contributed by atoms with Crippen LogP contribution in [0.4, 0.5) is 28.0 Å². The first kappa shape index (κ1) is 16.9. The smallest absolute Gasteiger partial charge is 0.433 e. The second-order valence-corrected chi connectivity index (χ2v) is 5.02. The van der Waals surface area contributed by atoms with Gasteiger partial charge in [0.1, 0.15) is 11.4 Å². The lowest BCUT2D eigenvalue weighted by Gasteiger charge is -2.29. The SMILES string of the molecule is O=C(O)N1CCC(c2nc(C(F)(F)F)cc(F)c2[N+](=O)[O-])CC1. The number of amides is 1. The summed E-state index contributed by atoms with van der Waals surface area (Å²) in [7, 11) is 0. The lowest BCUT2D eigenvalue weighted by Crippen LogP contribution is -2.37. The van der Waals surface area contributed by atoms with Gasteiger partial charge in [0.05, 0.1) is 4.92 Å². The fourth-order valence-electron chi connectivity index (χ4n) is 2.48. The molecule has 0 aromatic carbocycles. The molecule has 1 aromatic heterocycles. The Kier molecular flexibility index (Phi) is 4.39. The zero-order chi connectivity index (χ0) is 17.4. The minimum atomic E-state index is -4.94. The molecule has 1 N–H and O–H groups in total. The molecule has 23 heavy (non-hydrogen) atoms. The van der Waals surface area contributed by atoms with E-state index in [1.54, 1.807) is 0 Å². The van der Waals surface area contributed by atoms with Gasteiger partial charge in [-0.2, -0.15) is 17.6 Å². The number of nitro groups is 1. The molecule has 2 rings (SSSR count). The topological polar surface area (TPSA) is 96.6 Å². The predicted molar refractivity (Wildman–Crippen MR) is 67.4 cm³/mol. The van der Waals surface area contributed by atoms with Crippen molar-refractivity contribution in [3.63, 3.8) is 0 Å². The molecular formula is C12H11F4N3O4. The van der Waals surface area contributed by atoms with Crippen LogP contribution in [0.2, 0.25) is 0 Å². The van der Waals surface area contributed by atoms with Crippen LogP contribution < -0.4 is 0 Å². The summed E-state index contributed by atoms with van der Waals surface area (Å²) in [6.45, 7) is -0.0343. The van der Waals surface area contributed by atoms with Crippen molar-refractivity contribution < 1.29 is 32.4 Å². The average molecular weight is 337 g/mol. The fraction of sp³-hybridized carbons (Fsp3) is 0.500. The van der Waals surface area contributed by atoms with Gasteiger partial charge >= 0.3 is 18.0 Å². The highest BCUT2D eigenvalue weighted by atomic mass is 19.4. The zero-order valence-corrected chi connectivity index (χ0v) is 11.5. The fourth-order valence-corrected chi connectivity index (χ4v) is 2.48. The molecule has 7 nitrogen and oxygen atoms in total. The molecule has 126 valence electrons. The maximum atomic E-state index is 13.8. The van der Waals surface area contributed by atoms with Gasteiger partial charge in [-0.3, -0.25) is 10.1 Å². The summed E-state index contributed by atoms with van der Waals surface area (Å²) in [6.07, 6.45) is -6.07. The molecule has 0 spiro atoms. The van der Waals surface area contributed by atoms with Crippen LogP contribution in [0.5, 0.6) is 0 Å². The van der Waals surface area contributed by atoms with Crippen molar-refractivity contribution in [3.05, 3.63) is 33.4 Å². The lowest BCUT2D eigenvalue weighted by molar-refractivity contribution is -0.388. The van der Waals surface area contributed by atoms with Crippen LogP contribution in [0.3, 0.4) is 0 Å². The van der Waals surface area contributed by atoms with Crippen LogP contribution in [0.25, 0.3) is 0 Å². The number of piperidine rings is 1. The van der Waals surface area contributed by atoms with Crippen molar-refractivity contribution in [2.45, 2.75) is 24.9 Å². The molecule has 0 bridgehead atoms. The number of likely N-dealkylation sites (tertiary alicyclic amines) is 1. The number of hydrogen-bond acceptors (Lipinski definition) is 4. The van der Waals surface area contributed by atoms with Gasteiger partial charge in [-0.05, 0) is 12.8 Å². The zero-order valence-electron chi connectivity index (χ0n) is 11.5. The molecule has 1 fully saturated rings. The Bertz CT molecular complexity index is 642. The highest BCUT2D eigenvalue weighted by molar-refractivity contribution is 5.65. The van der Waals surface area contributed by atoms with Crippen LogP contribution in [0.15, 0.2) is 6.07 Å². The van der Waals surface area contributed by atoms with Gasteiger partial charge in [0.2, 0.25) is 5.82 Å². The molecule has 0 atom stereocenters. The highest BCUT2D eigenvalue weighted by Gasteiger charge is 2.39. The number of halogens is 4. The number of nitrogens with zero attached hydrogens (tertiary/aromatic N) is 3. The number of carbonyl (C=O) groups is 1. The summed E-state index contributed by atoms with van der Waals surface area (Å²) >= 11 is 0.